The van der Waals surface area contributed by atoms with E-state index in [9.17, 15) is 9.59 Å². The monoisotopic (exact) mass is 758 g/mol. The fourth-order valence-corrected chi connectivity index (χ4v) is 7.65. The Kier molecular flexibility index (Phi) is 11.8. The van der Waals surface area contributed by atoms with E-state index in [0.29, 0.717) is 34.3 Å². The van der Waals surface area contributed by atoms with Gasteiger partial charge in [0.25, 0.3) is 11.8 Å². The molecular formula is C44H44Cl2N6O2. The summed E-state index contributed by atoms with van der Waals surface area (Å²) in [5.41, 5.74) is 8.07. The third kappa shape index (κ3) is 8.43. The Morgan fingerprint density at radius 2 is 0.944 bits per heavy atom. The number of rotatable bonds is 12. The number of aromatic nitrogens is 2. The number of carbonyl (C=O) groups is 2. The van der Waals surface area contributed by atoms with E-state index in [0.717, 1.165) is 108 Å². The highest BCUT2D eigenvalue weighted by Gasteiger charge is 2.21. The van der Waals surface area contributed by atoms with Crippen molar-refractivity contribution in [3.8, 4) is 22.5 Å². The van der Waals surface area contributed by atoms with Gasteiger partial charge in [0.2, 0.25) is 0 Å². The van der Waals surface area contributed by atoms with E-state index in [1.54, 1.807) is 0 Å². The van der Waals surface area contributed by atoms with Gasteiger partial charge in [-0.15, -0.1) is 0 Å². The maximum atomic E-state index is 13.6. The number of amides is 2. The van der Waals surface area contributed by atoms with Crippen molar-refractivity contribution in [3.05, 3.63) is 129 Å². The normalized spacial score (nSPS) is 13.7. The summed E-state index contributed by atoms with van der Waals surface area (Å²) in [5, 5.41) is 9.39. The molecule has 8 nitrogen and oxygen atoms in total. The Morgan fingerprint density at radius 3 is 1.33 bits per heavy atom. The van der Waals surface area contributed by atoms with Crippen LogP contribution in [-0.2, 0) is 0 Å². The number of para-hydroxylation sites is 2. The number of hydrogen-bond acceptors (Lipinski definition) is 6. The predicted molar refractivity (Wildman–Crippen MR) is 221 cm³/mol. The van der Waals surface area contributed by atoms with Crippen molar-refractivity contribution in [2.45, 2.75) is 26.7 Å². The number of piperazine rings is 1. The summed E-state index contributed by atoms with van der Waals surface area (Å²) in [6.45, 7) is 10.9. The minimum atomic E-state index is -0.0764. The second kappa shape index (κ2) is 17.1. The molecule has 4 aromatic carbocycles. The average molecular weight is 760 g/mol. The van der Waals surface area contributed by atoms with Gasteiger partial charge in [0.1, 0.15) is 0 Å². The van der Waals surface area contributed by atoms with Crippen LogP contribution in [0.1, 0.15) is 44.7 Å². The second-order valence-corrected chi connectivity index (χ2v) is 14.7. The molecule has 3 heterocycles. The first-order valence-electron chi connectivity index (χ1n) is 18.6. The van der Waals surface area contributed by atoms with Gasteiger partial charge in [-0.3, -0.25) is 9.59 Å². The van der Waals surface area contributed by atoms with E-state index < -0.39 is 0 Å². The highest BCUT2D eigenvalue weighted by molar-refractivity contribution is 6.31. The molecule has 1 aliphatic heterocycles. The number of nitrogens with zero attached hydrogens (tertiary/aromatic N) is 4. The van der Waals surface area contributed by atoms with Crippen molar-refractivity contribution in [2.24, 2.45) is 0 Å². The third-order valence-corrected chi connectivity index (χ3v) is 10.8. The lowest BCUT2D eigenvalue weighted by atomic mass is 9.97. The molecule has 1 saturated heterocycles. The van der Waals surface area contributed by atoms with Gasteiger partial charge in [-0.2, -0.15) is 0 Å². The van der Waals surface area contributed by atoms with E-state index in [4.69, 9.17) is 33.2 Å². The molecule has 10 heteroatoms. The van der Waals surface area contributed by atoms with Crippen LogP contribution in [0.4, 0.5) is 0 Å². The van der Waals surface area contributed by atoms with Crippen LogP contribution in [0.2, 0.25) is 10.0 Å². The predicted octanol–water partition coefficient (Wildman–Crippen LogP) is 8.60. The zero-order valence-electron chi connectivity index (χ0n) is 30.7. The SMILES string of the molecule is Cc1c(-c2ccc(Cl)cc2)nc2ccccc2c1C(=O)NCCCN1CCN(CCCNC(=O)c2c(C)c(-c3ccc(Cl)cc3)nc3ccccc23)CC1. The highest BCUT2D eigenvalue weighted by atomic mass is 35.5. The first kappa shape index (κ1) is 37.5. The van der Waals surface area contributed by atoms with Crippen LogP contribution < -0.4 is 10.6 Å². The van der Waals surface area contributed by atoms with Gasteiger partial charge in [0.15, 0.2) is 0 Å². The lowest BCUT2D eigenvalue weighted by Gasteiger charge is -2.34. The average Bonchev–Trinajstić information content (AvgIpc) is 3.19. The lowest BCUT2D eigenvalue weighted by Crippen LogP contribution is -2.47. The summed E-state index contributed by atoms with van der Waals surface area (Å²) in [4.78, 5) is 41.9. The molecule has 0 aliphatic carbocycles. The van der Waals surface area contributed by atoms with E-state index in [1.165, 1.54) is 0 Å². The van der Waals surface area contributed by atoms with E-state index in [-0.39, 0.29) is 11.8 Å². The molecule has 0 saturated carbocycles. The molecule has 0 radical (unpaired) electrons. The number of fused-ring (bicyclic) bond motifs is 2. The molecule has 1 fully saturated rings. The van der Waals surface area contributed by atoms with Crippen LogP contribution >= 0.6 is 23.2 Å². The number of carbonyl (C=O) groups excluding carboxylic acids is 2. The summed E-state index contributed by atoms with van der Waals surface area (Å²) in [6, 6.07) is 30.8. The van der Waals surface area contributed by atoms with E-state index in [2.05, 4.69) is 20.4 Å². The summed E-state index contributed by atoms with van der Waals surface area (Å²) in [5.74, 6) is -0.153. The van der Waals surface area contributed by atoms with Gasteiger partial charge in [-0.05, 0) is 87.3 Å². The highest BCUT2D eigenvalue weighted by Crippen LogP contribution is 2.32. The first-order valence-corrected chi connectivity index (χ1v) is 19.3. The molecular weight excluding hydrogens is 715 g/mol. The number of benzene rings is 4. The fourth-order valence-electron chi connectivity index (χ4n) is 7.40. The minimum absolute atomic E-state index is 0.0764. The summed E-state index contributed by atoms with van der Waals surface area (Å²) < 4.78 is 0. The first-order chi connectivity index (χ1) is 26.3. The van der Waals surface area contributed by atoms with Crippen LogP contribution in [0.3, 0.4) is 0 Å². The number of pyridine rings is 2. The topological polar surface area (TPSA) is 90.5 Å². The van der Waals surface area contributed by atoms with Gasteiger partial charge < -0.3 is 20.4 Å². The molecule has 6 aromatic rings. The standard InChI is InChI=1S/C44H44Cl2N6O2/c1-29-39(35-9-3-5-11-37(35)49-41(29)31-13-17-33(45)18-14-31)43(53)47-21-7-23-51-25-27-52(28-26-51)24-8-22-48-44(54)40-30(2)42(32-15-19-34(46)20-16-32)50-38-12-6-4-10-36(38)40/h3-6,9-20H,7-8,21-28H2,1-2H3,(H,47,53)(H,48,54). The maximum absolute atomic E-state index is 13.6. The summed E-state index contributed by atoms with van der Waals surface area (Å²) >= 11 is 12.3. The Balaban J connectivity index is 0.870. The molecule has 0 atom stereocenters. The van der Waals surface area contributed by atoms with Crippen LogP contribution in [-0.4, -0.2) is 83.9 Å². The number of halogens is 2. The molecule has 0 spiro atoms. The number of nitrogens with one attached hydrogen (secondary N) is 2. The molecule has 7 rings (SSSR count). The molecule has 0 bridgehead atoms. The molecule has 1 aliphatic rings. The van der Waals surface area contributed by atoms with Gasteiger partial charge in [-0.25, -0.2) is 9.97 Å². The van der Waals surface area contributed by atoms with Crippen LogP contribution in [0.15, 0.2) is 97.1 Å². The maximum Gasteiger partial charge on any atom is 0.252 e. The molecule has 2 aromatic heterocycles. The molecule has 276 valence electrons. The van der Waals surface area contributed by atoms with Gasteiger partial charge in [-0.1, -0.05) is 83.9 Å². The van der Waals surface area contributed by atoms with Gasteiger partial charge in [0, 0.05) is 71.2 Å². The van der Waals surface area contributed by atoms with Crippen molar-refractivity contribution in [2.75, 3.05) is 52.4 Å². The largest absolute Gasteiger partial charge is 0.352 e. The van der Waals surface area contributed by atoms with E-state index >= 15 is 0 Å². The Morgan fingerprint density at radius 1 is 0.574 bits per heavy atom. The Bertz CT molecular complexity index is 2120. The Labute approximate surface area is 326 Å². The smallest absolute Gasteiger partial charge is 0.252 e. The lowest BCUT2D eigenvalue weighted by molar-refractivity contribution is 0.0935. The van der Waals surface area contributed by atoms with Crippen LogP contribution in [0, 0.1) is 13.8 Å². The fraction of sp³-hybridized carbons (Fsp3) is 0.273. The van der Waals surface area contributed by atoms with Crippen molar-refractivity contribution >= 4 is 56.8 Å². The Hall–Kier alpha value is -4.86. The zero-order chi connectivity index (χ0) is 37.6. The van der Waals surface area contributed by atoms with E-state index in [1.807, 2.05) is 111 Å². The quantitative estimate of drug-likeness (QED) is 0.122. The summed E-state index contributed by atoms with van der Waals surface area (Å²) in [6.07, 6.45) is 1.74. The van der Waals surface area contributed by atoms with Crippen molar-refractivity contribution in [1.82, 2.24) is 30.4 Å². The third-order valence-electron chi connectivity index (χ3n) is 10.3. The molecule has 2 N–H and O–H groups in total. The van der Waals surface area contributed by atoms with Crippen molar-refractivity contribution in [3.63, 3.8) is 0 Å². The summed E-state index contributed by atoms with van der Waals surface area (Å²) in [7, 11) is 0. The molecule has 54 heavy (non-hydrogen) atoms. The molecule has 2 amide bonds. The minimum Gasteiger partial charge on any atom is -0.352 e. The van der Waals surface area contributed by atoms with Crippen LogP contribution in [0.5, 0.6) is 0 Å². The number of hydrogen-bond donors (Lipinski definition) is 2. The van der Waals surface area contributed by atoms with Crippen LogP contribution in [0.25, 0.3) is 44.3 Å². The zero-order valence-corrected chi connectivity index (χ0v) is 32.2. The second-order valence-electron chi connectivity index (χ2n) is 13.9. The van der Waals surface area contributed by atoms with Gasteiger partial charge >= 0.3 is 0 Å². The van der Waals surface area contributed by atoms with Crippen molar-refractivity contribution < 1.29 is 9.59 Å². The van der Waals surface area contributed by atoms with Gasteiger partial charge in [0.05, 0.1) is 33.5 Å². The molecule has 0 unspecified atom stereocenters. The van der Waals surface area contributed by atoms with Crippen molar-refractivity contribution in [1.29, 1.82) is 0 Å².